The number of hydrogen-bond donors (Lipinski definition) is 0. The van der Waals surface area contributed by atoms with Crippen LogP contribution in [-0.2, 0) is 51.2 Å². The maximum atomic E-state index is 0. The van der Waals surface area contributed by atoms with Gasteiger partial charge in [0.2, 0.25) is 0 Å². The second-order valence-electron chi connectivity index (χ2n) is 0. The van der Waals surface area contributed by atoms with Gasteiger partial charge in [0.05, 0.1) is 0 Å². The standard InChI is InChI=1S/3Cu.Ga.In. The minimum atomic E-state index is 0. The van der Waals surface area contributed by atoms with Crippen molar-refractivity contribution in [1.82, 2.24) is 0 Å². The van der Waals surface area contributed by atoms with Crippen molar-refractivity contribution in [3.8, 4) is 0 Å². The van der Waals surface area contributed by atoms with Gasteiger partial charge in [-0.15, -0.1) is 0 Å². The maximum Gasteiger partial charge on any atom is 0 e. The van der Waals surface area contributed by atoms with Crippen molar-refractivity contribution in [1.29, 1.82) is 0 Å². The monoisotopic (exact) mass is 373 g/mol. The van der Waals surface area contributed by atoms with E-state index in [2.05, 4.69) is 0 Å². The quantitative estimate of drug-likeness (QED) is 0.488. The van der Waals surface area contributed by atoms with Gasteiger partial charge in [-0.3, -0.25) is 0 Å². The summed E-state index contributed by atoms with van der Waals surface area (Å²) in [7, 11) is 0. The van der Waals surface area contributed by atoms with Crippen LogP contribution < -0.4 is 0 Å². The summed E-state index contributed by atoms with van der Waals surface area (Å²) in [4.78, 5) is 0. The Kier molecular flexibility index (Phi) is 237. The summed E-state index contributed by atoms with van der Waals surface area (Å²) in [5.74, 6) is 0. The van der Waals surface area contributed by atoms with E-state index in [-0.39, 0.29) is 96.8 Å². The fourth-order valence-corrected chi connectivity index (χ4v) is 0. The molecule has 0 aliphatic carbocycles. The van der Waals surface area contributed by atoms with Gasteiger partial charge in [0.15, 0.2) is 0 Å². The second kappa shape index (κ2) is 27.7. The molecule has 5 heteroatoms. The topological polar surface area (TPSA) is 0 Å². The summed E-state index contributed by atoms with van der Waals surface area (Å²) < 4.78 is 0. The molecule has 0 rings (SSSR count). The van der Waals surface area contributed by atoms with Gasteiger partial charge in [0, 0.05) is 96.8 Å². The van der Waals surface area contributed by atoms with Crippen LogP contribution in [0.15, 0.2) is 0 Å². The van der Waals surface area contributed by atoms with Crippen molar-refractivity contribution in [2.45, 2.75) is 0 Å². The Balaban J connectivity index is 0. The summed E-state index contributed by atoms with van der Waals surface area (Å²) in [6.07, 6.45) is 0. The smallest absolute Gasteiger partial charge is 0 e. The Bertz CT molecular complexity index is 6.85. The average molecular weight is 375 g/mol. The van der Waals surface area contributed by atoms with Crippen LogP contribution >= 0.6 is 0 Å². The molecule has 0 aromatic rings. The van der Waals surface area contributed by atoms with Crippen molar-refractivity contribution >= 4 is 45.6 Å². The fraction of sp³-hybridized carbons (Fsp3) is 0. The maximum absolute atomic E-state index is 0. The van der Waals surface area contributed by atoms with Crippen molar-refractivity contribution in [3.63, 3.8) is 0 Å². The van der Waals surface area contributed by atoms with E-state index in [1.807, 2.05) is 0 Å². The van der Waals surface area contributed by atoms with Gasteiger partial charge in [0.1, 0.15) is 0 Å². The van der Waals surface area contributed by atoms with E-state index in [1.54, 1.807) is 0 Å². The minimum absolute atomic E-state index is 0. The first-order valence-corrected chi connectivity index (χ1v) is 0. The van der Waals surface area contributed by atoms with Crippen LogP contribution in [0.3, 0.4) is 0 Å². The Labute approximate surface area is 95.2 Å². The Hall–Kier alpha value is 3.06. The second-order valence-corrected chi connectivity index (χ2v) is 0. The molecule has 0 bridgehead atoms. The van der Waals surface area contributed by atoms with Crippen LogP contribution in [-0.4, -0.2) is 45.6 Å². The van der Waals surface area contributed by atoms with Crippen LogP contribution in [0.25, 0.3) is 0 Å². The summed E-state index contributed by atoms with van der Waals surface area (Å²) in [5.41, 5.74) is 0. The zero-order valence-corrected chi connectivity index (χ0v) is 10.6. The van der Waals surface area contributed by atoms with Crippen LogP contribution in [0.4, 0.5) is 0 Å². The summed E-state index contributed by atoms with van der Waals surface area (Å²) in [5, 5.41) is 0. The van der Waals surface area contributed by atoms with Crippen LogP contribution in [0.5, 0.6) is 0 Å². The van der Waals surface area contributed by atoms with Crippen molar-refractivity contribution in [2.24, 2.45) is 0 Å². The molecule has 0 atom stereocenters. The van der Waals surface area contributed by atoms with E-state index in [0.29, 0.717) is 0 Å². The zero-order chi connectivity index (χ0) is 0. The average Bonchev–Trinajstić information content (AvgIpc) is 0. The summed E-state index contributed by atoms with van der Waals surface area (Å²) in [6, 6.07) is 0. The molecule has 0 saturated carbocycles. The molecule has 0 fully saturated rings. The molecule has 9 radical (unpaired) electrons. The predicted molar refractivity (Wildman–Crippen MR) is 11.5 cm³/mol. The van der Waals surface area contributed by atoms with Crippen LogP contribution in [0.2, 0.25) is 0 Å². The molecule has 0 saturated heterocycles. The first kappa shape index (κ1) is 42.9. The first-order valence-electron chi connectivity index (χ1n) is 0. The van der Waals surface area contributed by atoms with E-state index in [9.17, 15) is 0 Å². The largest absolute Gasteiger partial charge is 0 e. The fourth-order valence-electron chi connectivity index (χ4n) is 0. The third kappa shape index (κ3) is 19.3. The van der Waals surface area contributed by atoms with Crippen molar-refractivity contribution in [3.05, 3.63) is 0 Å². The Morgan fingerprint density at radius 3 is 0.600 bits per heavy atom. The molecule has 0 unspecified atom stereocenters. The number of hydrogen-bond acceptors (Lipinski definition) is 0. The van der Waals surface area contributed by atoms with E-state index in [4.69, 9.17) is 0 Å². The van der Waals surface area contributed by atoms with Crippen LogP contribution in [0.1, 0.15) is 0 Å². The van der Waals surface area contributed by atoms with Crippen molar-refractivity contribution in [2.75, 3.05) is 0 Å². The third-order valence-electron chi connectivity index (χ3n) is 0. The van der Waals surface area contributed by atoms with E-state index in [1.165, 1.54) is 0 Å². The minimum Gasteiger partial charge on any atom is 0 e. The van der Waals surface area contributed by atoms with Crippen LogP contribution in [0, 0.1) is 0 Å². The van der Waals surface area contributed by atoms with Gasteiger partial charge in [0.25, 0.3) is 0 Å². The van der Waals surface area contributed by atoms with E-state index in [0.717, 1.165) is 0 Å². The predicted octanol–water partition coefficient (Wildman–Crippen LogP) is -0.769. The Morgan fingerprint density at radius 2 is 0.600 bits per heavy atom. The van der Waals surface area contributed by atoms with Crippen molar-refractivity contribution < 1.29 is 51.2 Å². The van der Waals surface area contributed by atoms with Gasteiger partial charge in [-0.25, -0.2) is 0 Å². The molecule has 0 aliphatic heterocycles. The molecular weight excluding hydrogens is 375 g/mol. The molecule has 0 spiro atoms. The molecule has 0 aromatic carbocycles. The molecular formula is Cu3GaIn. The summed E-state index contributed by atoms with van der Waals surface area (Å²) >= 11 is 0. The molecule has 0 amide bonds. The van der Waals surface area contributed by atoms with Gasteiger partial charge in [-0.1, -0.05) is 0 Å². The molecule has 39 valence electrons. The molecule has 0 aliphatic rings. The van der Waals surface area contributed by atoms with Gasteiger partial charge in [-0.05, 0) is 0 Å². The molecule has 0 aromatic heterocycles. The van der Waals surface area contributed by atoms with Gasteiger partial charge >= 0.3 is 0 Å². The van der Waals surface area contributed by atoms with Gasteiger partial charge < -0.3 is 0 Å². The molecule has 5 heavy (non-hydrogen) atoms. The molecule has 0 heterocycles. The normalized spacial score (nSPS) is 0. The SMILES string of the molecule is [Cu].[Cu].[Cu].[Ga].[In]. The molecule has 0 nitrogen and oxygen atoms in total. The summed E-state index contributed by atoms with van der Waals surface area (Å²) in [6.45, 7) is 0. The number of rotatable bonds is 0. The molecule has 0 N–H and O–H groups in total. The Morgan fingerprint density at radius 1 is 0.600 bits per heavy atom. The third-order valence-corrected chi connectivity index (χ3v) is 0. The first-order chi connectivity index (χ1) is 0. The van der Waals surface area contributed by atoms with E-state index < -0.39 is 0 Å². The zero-order valence-electron chi connectivity index (χ0n) is 2.06. The van der Waals surface area contributed by atoms with Gasteiger partial charge in [-0.2, -0.15) is 0 Å². The van der Waals surface area contributed by atoms with E-state index >= 15 is 0 Å².